The van der Waals surface area contributed by atoms with Crippen molar-refractivity contribution in [3.63, 3.8) is 0 Å². The summed E-state index contributed by atoms with van der Waals surface area (Å²) in [5, 5.41) is 3.15. The highest BCUT2D eigenvalue weighted by atomic mass is 35.5. The van der Waals surface area contributed by atoms with Gasteiger partial charge in [0.15, 0.2) is 5.13 Å². The first-order valence-corrected chi connectivity index (χ1v) is 9.81. The molecule has 3 nitrogen and oxygen atoms in total. The van der Waals surface area contributed by atoms with Gasteiger partial charge in [0, 0.05) is 4.88 Å². The normalized spacial score (nSPS) is 16.8. The number of carbonyl (C=O) groups excluding carboxylic acids is 1. The number of rotatable bonds is 2. The van der Waals surface area contributed by atoms with Crippen molar-refractivity contribution in [1.82, 2.24) is 4.98 Å². The first-order chi connectivity index (χ1) is 11.3. The average Bonchev–Trinajstić information content (AvgIpc) is 2.92. The second-order valence-corrected chi connectivity index (χ2v) is 8.61. The lowest BCUT2D eigenvalue weighted by Crippen LogP contribution is -2.14. The van der Waals surface area contributed by atoms with E-state index in [1.165, 1.54) is 16.2 Å². The minimum absolute atomic E-state index is 0.00913. The molecule has 9 heteroatoms. The fraction of sp³-hybridized carbons (Fsp3) is 0.333. The summed E-state index contributed by atoms with van der Waals surface area (Å²) in [6.45, 7) is 2.21. The van der Waals surface area contributed by atoms with Gasteiger partial charge in [-0.3, -0.25) is 10.1 Å². The summed E-state index contributed by atoms with van der Waals surface area (Å²) in [4.78, 5) is 18.3. The van der Waals surface area contributed by atoms with Crippen LogP contribution >= 0.6 is 69.3 Å². The van der Waals surface area contributed by atoms with Gasteiger partial charge in [0.05, 0.1) is 36.4 Å². The van der Waals surface area contributed by atoms with Crippen molar-refractivity contribution < 1.29 is 4.79 Å². The number of carbonyl (C=O) groups is 1. The van der Waals surface area contributed by atoms with Gasteiger partial charge in [-0.2, -0.15) is 0 Å². The Kier molecular flexibility index (Phi) is 5.55. The van der Waals surface area contributed by atoms with Gasteiger partial charge in [-0.1, -0.05) is 64.9 Å². The number of aryl methyl sites for hydroxylation is 1. The van der Waals surface area contributed by atoms with E-state index in [4.69, 9.17) is 58.0 Å². The van der Waals surface area contributed by atoms with Crippen LogP contribution < -0.4 is 5.32 Å². The van der Waals surface area contributed by atoms with E-state index in [1.807, 2.05) is 0 Å². The lowest BCUT2D eigenvalue weighted by Gasteiger charge is -2.15. The van der Waals surface area contributed by atoms with E-state index >= 15 is 0 Å². The number of anilines is 1. The second-order valence-electron chi connectivity index (χ2n) is 5.64. The maximum Gasteiger partial charge on any atom is 0.260 e. The number of halogens is 5. The van der Waals surface area contributed by atoms with Crippen molar-refractivity contribution in [1.29, 1.82) is 0 Å². The number of nitrogens with zero attached hydrogens (tertiary/aromatic N) is 1. The summed E-state index contributed by atoms with van der Waals surface area (Å²) in [5.41, 5.74) is 1.03. The average molecular weight is 445 g/mol. The minimum Gasteiger partial charge on any atom is -0.298 e. The summed E-state index contributed by atoms with van der Waals surface area (Å²) in [6.07, 6.45) is 3.00. The molecule has 0 unspecified atom stereocenters. The number of benzene rings is 1. The largest absolute Gasteiger partial charge is 0.298 e. The van der Waals surface area contributed by atoms with Crippen LogP contribution in [0.1, 0.15) is 34.3 Å². The quantitative estimate of drug-likeness (QED) is 0.409. The third-order valence-corrected chi connectivity index (χ3v) is 7.16. The molecule has 3 rings (SSSR count). The van der Waals surface area contributed by atoms with Crippen LogP contribution in [0.25, 0.3) is 0 Å². The molecule has 0 bridgehead atoms. The Balaban J connectivity index is 1.92. The van der Waals surface area contributed by atoms with Crippen LogP contribution in [0.2, 0.25) is 25.1 Å². The maximum atomic E-state index is 12.6. The number of amides is 1. The molecule has 1 heterocycles. The maximum absolute atomic E-state index is 12.6. The van der Waals surface area contributed by atoms with Crippen LogP contribution in [-0.2, 0) is 12.8 Å². The van der Waals surface area contributed by atoms with Crippen molar-refractivity contribution in [3.8, 4) is 0 Å². The van der Waals surface area contributed by atoms with Crippen molar-refractivity contribution in [2.75, 3.05) is 5.32 Å². The Labute approximate surface area is 168 Å². The highest BCUT2D eigenvalue weighted by molar-refractivity contribution is 7.15. The molecule has 0 spiro atoms. The summed E-state index contributed by atoms with van der Waals surface area (Å²) in [7, 11) is 0. The molecule has 128 valence electrons. The van der Waals surface area contributed by atoms with Crippen molar-refractivity contribution in [2.24, 2.45) is 5.92 Å². The van der Waals surface area contributed by atoms with Gasteiger partial charge in [0.1, 0.15) is 0 Å². The molecule has 2 aromatic rings. The molecule has 1 aliphatic carbocycles. The molecule has 0 aliphatic heterocycles. The van der Waals surface area contributed by atoms with Crippen LogP contribution in [0.15, 0.2) is 0 Å². The zero-order valence-electron chi connectivity index (χ0n) is 12.4. The summed E-state index contributed by atoms with van der Waals surface area (Å²) < 4.78 is 0. The highest BCUT2D eigenvalue weighted by Gasteiger charge is 2.26. The zero-order valence-corrected chi connectivity index (χ0v) is 16.9. The molecule has 0 saturated heterocycles. The zero-order chi connectivity index (χ0) is 17.6. The number of nitrogens with one attached hydrogen (secondary N) is 1. The predicted molar refractivity (Wildman–Crippen MR) is 103 cm³/mol. The Hall–Kier alpha value is -0.230. The van der Waals surface area contributed by atoms with E-state index in [-0.39, 0.29) is 30.7 Å². The first kappa shape index (κ1) is 18.6. The monoisotopic (exact) mass is 442 g/mol. The van der Waals surface area contributed by atoms with Gasteiger partial charge in [-0.25, -0.2) is 4.98 Å². The Morgan fingerprint density at radius 3 is 2.29 bits per heavy atom. The van der Waals surface area contributed by atoms with Gasteiger partial charge in [-0.15, -0.1) is 11.3 Å². The molecule has 1 atom stereocenters. The smallest absolute Gasteiger partial charge is 0.260 e. The lowest BCUT2D eigenvalue weighted by molar-refractivity contribution is 0.102. The second kappa shape index (κ2) is 7.18. The Morgan fingerprint density at radius 1 is 1.08 bits per heavy atom. The van der Waals surface area contributed by atoms with Crippen LogP contribution in [0.4, 0.5) is 5.13 Å². The molecular formula is C15H11Cl5N2OS. The molecule has 0 saturated carbocycles. The summed E-state index contributed by atoms with van der Waals surface area (Å²) in [5.74, 6) is 0.101. The summed E-state index contributed by atoms with van der Waals surface area (Å²) in [6, 6.07) is 0. The minimum atomic E-state index is -0.524. The number of fused-ring (bicyclic) bond motifs is 1. The topological polar surface area (TPSA) is 42.0 Å². The Bertz CT molecular complexity index is 807. The molecule has 24 heavy (non-hydrogen) atoms. The van der Waals surface area contributed by atoms with Crippen LogP contribution in [0.3, 0.4) is 0 Å². The van der Waals surface area contributed by atoms with E-state index < -0.39 is 5.91 Å². The van der Waals surface area contributed by atoms with E-state index in [2.05, 4.69) is 17.2 Å². The Morgan fingerprint density at radius 2 is 1.67 bits per heavy atom. The fourth-order valence-electron chi connectivity index (χ4n) is 2.56. The molecule has 1 aliphatic rings. The number of aromatic nitrogens is 1. The van der Waals surface area contributed by atoms with E-state index in [0.29, 0.717) is 11.0 Å². The van der Waals surface area contributed by atoms with E-state index in [1.54, 1.807) is 0 Å². The highest BCUT2D eigenvalue weighted by Crippen LogP contribution is 2.44. The van der Waals surface area contributed by atoms with Crippen LogP contribution in [0, 0.1) is 5.92 Å². The van der Waals surface area contributed by atoms with Gasteiger partial charge in [0.2, 0.25) is 0 Å². The SMILES string of the molecule is C[C@H]1CCc2nc(NC(=O)c3c(Cl)c(Cl)c(Cl)c(Cl)c3Cl)sc2C1. The molecular weight excluding hydrogens is 434 g/mol. The van der Waals surface area contributed by atoms with Crippen molar-refractivity contribution in [3.05, 3.63) is 41.2 Å². The molecule has 1 aromatic heterocycles. The number of hydrogen-bond acceptors (Lipinski definition) is 3. The number of hydrogen-bond donors (Lipinski definition) is 1. The van der Waals surface area contributed by atoms with Crippen molar-refractivity contribution >= 4 is 80.4 Å². The van der Waals surface area contributed by atoms with Gasteiger partial charge < -0.3 is 0 Å². The molecule has 0 radical (unpaired) electrons. The third-order valence-electron chi connectivity index (χ3n) is 3.84. The van der Waals surface area contributed by atoms with Crippen molar-refractivity contribution in [2.45, 2.75) is 26.2 Å². The van der Waals surface area contributed by atoms with Gasteiger partial charge in [-0.05, 0) is 25.2 Å². The van der Waals surface area contributed by atoms with E-state index in [9.17, 15) is 4.79 Å². The predicted octanol–water partition coefficient (Wildman–Crippen LogP) is 6.79. The van der Waals surface area contributed by atoms with Gasteiger partial charge >= 0.3 is 0 Å². The standard InChI is InChI=1S/C15H11Cl5N2OS/c1-5-2-3-6-7(4-5)24-15(21-6)22-14(23)8-9(16)11(18)13(20)12(19)10(8)17/h5H,2-4H2,1H3,(H,21,22,23)/t5-/m0/s1. The molecule has 1 N–H and O–H groups in total. The summed E-state index contributed by atoms with van der Waals surface area (Å²) >= 11 is 31.6. The van der Waals surface area contributed by atoms with Crippen LogP contribution in [-0.4, -0.2) is 10.9 Å². The van der Waals surface area contributed by atoms with Gasteiger partial charge in [0.25, 0.3) is 5.91 Å². The molecule has 1 amide bonds. The fourth-order valence-corrected chi connectivity index (χ4v) is 5.03. The first-order valence-electron chi connectivity index (χ1n) is 7.11. The number of thiazole rings is 1. The molecule has 1 aromatic carbocycles. The lowest BCUT2D eigenvalue weighted by atomic mass is 9.93. The third kappa shape index (κ3) is 3.37. The molecule has 0 fully saturated rings. The van der Waals surface area contributed by atoms with E-state index in [0.717, 1.165) is 25.0 Å². The van der Waals surface area contributed by atoms with Crippen LogP contribution in [0.5, 0.6) is 0 Å².